The van der Waals surface area contributed by atoms with Crippen molar-refractivity contribution in [2.75, 3.05) is 52.5 Å². The maximum absolute atomic E-state index is 12.1. The topological polar surface area (TPSA) is 59.1 Å². The van der Waals surface area contributed by atoms with Crippen molar-refractivity contribution < 1.29 is 19.1 Å². The van der Waals surface area contributed by atoms with E-state index in [9.17, 15) is 9.59 Å². The fraction of sp³-hybridized carbons (Fsp3) is 0.417. The Hall–Kier alpha value is -2.12. The Balaban J connectivity index is 0.00000256. The third kappa shape index (κ3) is 8.79. The number of hydrogen-bond donors (Lipinski definition) is 0. The molecule has 1 heterocycles. The zero-order chi connectivity index (χ0) is 21.3. The van der Waals surface area contributed by atoms with Gasteiger partial charge in [-0.05, 0) is 38.1 Å². The molecule has 0 unspecified atom stereocenters. The Morgan fingerprint density at radius 1 is 0.719 bits per heavy atom. The molecular weight excluding hydrogens is 451 g/mol. The van der Waals surface area contributed by atoms with Crippen molar-refractivity contribution in [3.05, 3.63) is 70.8 Å². The van der Waals surface area contributed by atoms with Crippen molar-refractivity contribution in [3.63, 3.8) is 0 Å². The number of piperazine rings is 1. The molecule has 0 spiro atoms. The van der Waals surface area contributed by atoms with Crippen LogP contribution in [0.25, 0.3) is 0 Å². The highest BCUT2D eigenvalue weighted by molar-refractivity contribution is 5.90. The van der Waals surface area contributed by atoms with Crippen LogP contribution in [0.1, 0.15) is 31.8 Å². The summed E-state index contributed by atoms with van der Waals surface area (Å²) in [6.07, 6.45) is 0. The molecule has 0 aromatic heterocycles. The van der Waals surface area contributed by atoms with Crippen molar-refractivity contribution in [3.8, 4) is 0 Å². The quantitative estimate of drug-likeness (QED) is 0.533. The maximum atomic E-state index is 12.1. The molecular formula is C24H32Cl2N2O4. The minimum atomic E-state index is -0.271. The standard InChI is InChI=1S/C24H30N2O4.2ClH/c1-19-5-3-7-21(17-19)23(27)29-15-13-25-9-11-26(12-10-25)14-16-30-24(28)22-8-4-6-20(2)18-22;;/h3-8,17-18H,9-16H2,1-2H3;2*1H. The van der Waals surface area contributed by atoms with E-state index in [0.717, 1.165) is 50.4 Å². The normalized spacial score (nSPS) is 14.1. The van der Waals surface area contributed by atoms with Crippen LogP contribution in [0.5, 0.6) is 0 Å². The minimum absolute atomic E-state index is 0. The van der Waals surface area contributed by atoms with Crippen molar-refractivity contribution in [2.24, 2.45) is 0 Å². The van der Waals surface area contributed by atoms with Gasteiger partial charge in [-0.1, -0.05) is 35.4 Å². The van der Waals surface area contributed by atoms with Gasteiger partial charge < -0.3 is 9.47 Å². The molecule has 0 amide bonds. The van der Waals surface area contributed by atoms with Crippen LogP contribution >= 0.6 is 24.8 Å². The van der Waals surface area contributed by atoms with Crippen LogP contribution in [0.4, 0.5) is 0 Å². The molecule has 1 fully saturated rings. The molecule has 0 radical (unpaired) electrons. The van der Waals surface area contributed by atoms with Crippen molar-refractivity contribution in [1.82, 2.24) is 9.80 Å². The molecule has 6 nitrogen and oxygen atoms in total. The summed E-state index contributed by atoms with van der Waals surface area (Å²) in [6, 6.07) is 14.9. The largest absolute Gasteiger partial charge is 0.461 e. The monoisotopic (exact) mass is 482 g/mol. The Morgan fingerprint density at radius 3 is 1.44 bits per heavy atom. The number of benzene rings is 2. The van der Waals surface area contributed by atoms with Crippen LogP contribution in [-0.2, 0) is 9.47 Å². The van der Waals surface area contributed by atoms with Gasteiger partial charge in [0.15, 0.2) is 0 Å². The third-order valence-electron chi connectivity index (χ3n) is 5.25. The van der Waals surface area contributed by atoms with Gasteiger partial charge in [-0.3, -0.25) is 9.80 Å². The summed E-state index contributed by atoms with van der Waals surface area (Å²) in [7, 11) is 0. The van der Waals surface area contributed by atoms with E-state index in [0.29, 0.717) is 24.3 Å². The fourth-order valence-corrected chi connectivity index (χ4v) is 3.48. The van der Waals surface area contributed by atoms with Gasteiger partial charge in [0.2, 0.25) is 0 Å². The van der Waals surface area contributed by atoms with Gasteiger partial charge in [-0.15, -0.1) is 24.8 Å². The second-order valence-electron chi connectivity index (χ2n) is 7.69. The molecule has 0 atom stereocenters. The van der Waals surface area contributed by atoms with Crippen LogP contribution in [-0.4, -0.2) is 74.2 Å². The average molecular weight is 483 g/mol. The summed E-state index contributed by atoms with van der Waals surface area (Å²) < 4.78 is 10.8. The number of ether oxygens (including phenoxy) is 2. The van der Waals surface area contributed by atoms with Crippen molar-refractivity contribution in [1.29, 1.82) is 0 Å². The summed E-state index contributed by atoms with van der Waals surface area (Å²) in [5.41, 5.74) is 3.29. The number of hydrogen-bond acceptors (Lipinski definition) is 6. The van der Waals surface area contributed by atoms with E-state index in [2.05, 4.69) is 9.80 Å². The second-order valence-corrected chi connectivity index (χ2v) is 7.69. The molecule has 1 saturated heterocycles. The molecule has 0 saturated carbocycles. The summed E-state index contributed by atoms with van der Waals surface area (Å²) >= 11 is 0. The Labute approximate surface area is 202 Å². The molecule has 8 heteroatoms. The highest BCUT2D eigenvalue weighted by atomic mass is 35.5. The SMILES string of the molecule is Cc1cccc(C(=O)OCCN2CCN(CCOC(=O)c3cccc(C)c3)CC2)c1.Cl.Cl. The molecule has 2 aromatic rings. The molecule has 0 N–H and O–H groups in total. The van der Waals surface area contributed by atoms with Gasteiger partial charge in [0.25, 0.3) is 0 Å². The number of esters is 2. The van der Waals surface area contributed by atoms with E-state index in [1.54, 1.807) is 12.1 Å². The number of carbonyl (C=O) groups excluding carboxylic acids is 2. The minimum Gasteiger partial charge on any atom is -0.461 e. The first-order valence-corrected chi connectivity index (χ1v) is 10.4. The van der Waals surface area contributed by atoms with Crippen molar-refractivity contribution >= 4 is 36.8 Å². The first-order chi connectivity index (χ1) is 14.5. The Morgan fingerprint density at radius 2 is 1.09 bits per heavy atom. The molecule has 0 bridgehead atoms. The fourth-order valence-electron chi connectivity index (χ4n) is 3.48. The van der Waals surface area contributed by atoms with E-state index in [1.807, 2.05) is 50.2 Å². The lowest BCUT2D eigenvalue weighted by Gasteiger charge is -2.34. The first kappa shape index (κ1) is 27.9. The van der Waals surface area contributed by atoms with E-state index >= 15 is 0 Å². The van der Waals surface area contributed by atoms with Gasteiger partial charge >= 0.3 is 11.9 Å². The van der Waals surface area contributed by atoms with Crippen LogP contribution in [0.3, 0.4) is 0 Å². The molecule has 32 heavy (non-hydrogen) atoms. The predicted molar refractivity (Wildman–Crippen MR) is 130 cm³/mol. The molecule has 1 aliphatic rings. The van der Waals surface area contributed by atoms with Gasteiger partial charge in [0.1, 0.15) is 13.2 Å². The Bertz CT molecular complexity index is 799. The lowest BCUT2D eigenvalue weighted by atomic mass is 10.1. The predicted octanol–water partition coefficient (Wildman–Crippen LogP) is 3.78. The summed E-state index contributed by atoms with van der Waals surface area (Å²) in [4.78, 5) is 28.8. The molecule has 1 aliphatic heterocycles. The van der Waals surface area contributed by atoms with E-state index in [1.165, 1.54) is 0 Å². The molecule has 176 valence electrons. The van der Waals surface area contributed by atoms with Gasteiger partial charge in [0, 0.05) is 39.3 Å². The number of carbonyl (C=O) groups is 2. The summed E-state index contributed by atoms with van der Waals surface area (Å²) in [6.45, 7) is 9.80. The highest BCUT2D eigenvalue weighted by Gasteiger charge is 2.18. The third-order valence-corrected chi connectivity index (χ3v) is 5.25. The first-order valence-electron chi connectivity index (χ1n) is 10.4. The van der Waals surface area contributed by atoms with E-state index < -0.39 is 0 Å². The number of aryl methyl sites for hydroxylation is 2. The maximum Gasteiger partial charge on any atom is 0.338 e. The van der Waals surface area contributed by atoms with Gasteiger partial charge in [0.05, 0.1) is 11.1 Å². The van der Waals surface area contributed by atoms with Crippen LogP contribution in [0.15, 0.2) is 48.5 Å². The molecule has 2 aromatic carbocycles. The lowest BCUT2D eigenvalue weighted by molar-refractivity contribution is 0.0352. The van der Waals surface area contributed by atoms with Crippen LogP contribution in [0.2, 0.25) is 0 Å². The van der Waals surface area contributed by atoms with Gasteiger partial charge in [-0.2, -0.15) is 0 Å². The van der Waals surface area contributed by atoms with Gasteiger partial charge in [-0.25, -0.2) is 9.59 Å². The zero-order valence-corrected chi connectivity index (χ0v) is 20.3. The number of nitrogens with zero attached hydrogens (tertiary/aromatic N) is 2. The number of halogens is 2. The zero-order valence-electron chi connectivity index (χ0n) is 18.6. The Kier molecular flexibility index (Phi) is 12.3. The summed E-state index contributed by atoms with van der Waals surface area (Å²) in [5, 5.41) is 0. The van der Waals surface area contributed by atoms with E-state index in [-0.39, 0.29) is 36.8 Å². The van der Waals surface area contributed by atoms with Crippen LogP contribution in [0, 0.1) is 13.8 Å². The molecule has 3 rings (SSSR count). The number of rotatable bonds is 8. The molecule has 0 aliphatic carbocycles. The lowest BCUT2D eigenvalue weighted by Crippen LogP contribution is -2.48. The second kappa shape index (κ2) is 14.1. The average Bonchev–Trinajstić information content (AvgIpc) is 2.74. The smallest absolute Gasteiger partial charge is 0.338 e. The van der Waals surface area contributed by atoms with Crippen LogP contribution < -0.4 is 0 Å². The highest BCUT2D eigenvalue weighted by Crippen LogP contribution is 2.08. The van der Waals surface area contributed by atoms with Crippen molar-refractivity contribution in [2.45, 2.75) is 13.8 Å². The summed E-state index contributed by atoms with van der Waals surface area (Å²) in [5.74, 6) is -0.541. The van der Waals surface area contributed by atoms with E-state index in [4.69, 9.17) is 9.47 Å².